The van der Waals surface area contributed by atoms with Crippen LogP contribution in [0.15, 0.2) is 24.3 Å². The monoisotopic (exact) mass is 258 g/mol. The van der Waals surface area contributed by atoms with Crippen molar-refractivity contribution >= 4 is 22.3 Å². The average molecular weight is 259 g/mol. The maximum absolute atomic E-state index is 12.2. The number of rotatable bonds is 2. The average Bonchev–Trinajstić information content (AvgIpc) is 2.97. The van der Waals surface area contributed by atoms with E-state index in [0.29, 0.717) is 13.1 Å². The molecule has 0 radical (unpaired) electrons. The van der Waals surface area contributed by atoms with Gasteiger partial charge in [0.2, 0.25) is 0 Å². The molecule has 1 heterocycles. The summed E-state index contributed by atoms with van der Waals surface area (Å²) in [6, 6.07) is 8.14. The fourth-order valence-electron chi connectivity index (χ4n) is 2.09. The van der Waals surface area contributed by atoms with Crippen LogP contribution in [0.2, 0.25) is 0 Å². The van der Waals surface area contributed by atoms with E-state index < -0.39 is 9.92 Å². The first-order chi connectivity index (χ1) is 7.18. The first-order valence-corrected chi connectivity index (χ1v) is 6.85. The van der Waals surface area contributed by atoms with E-state index in [4.69, 9.17) is 4.78 Å². The van der Waals surface area contributed by atoms with E-state index in [1.165, 1.54) is 11.1 Å². The highest BCUT2D eigenvalue weighted by Crippen LogP contribution is 2.35. The summed E-state index contributed by atoms with van der Waals surface area (Å²) in [5.74, 6) is 0. The summed E-state index contributed by atoms with van der Waals surface area (Å²) in [4.78, 5) is 0. The molecule has 1 aliphatic carbocycles. The molecule has 5 heteroatoms. The minimum absolute atomic E-state index is 0. The number of halogens is 1. The van der Waals surface area contributed by atoms with Gasteiger partial charge < -0.3 is 0 Å². The molecule has 1 unspecified atom stereocenters. The van der Waals surface area contributed by atoms with Crippen LogP contribution in [0.25, 0.3) is 0 Å². The Labute approximate surface area is 102 Å². The summed E-state index contributed by atoms with van der Waals surface area (Å²) < 4.78 is 22.0. The molecule has 3 rings (SSSR count). The summed E-state index contributed by atoms with van der Waals surface area (Å²) in [7, 11) is -2.50. The van der Waals surface area contributed by atoms with Crippen molar-refractivity contribution in [2.75, 3.05) is 0 Å². The lowest BCUT2D eigenvalue weighted by Gasteiger charge is -2.17. The fraction of sp³-hybridized carbons (Fsp3) is 0.455. The second-order valence-electron chi connectivity index (χ2n) is 4.33. The van der Waals surface area contributed by atoms with Gasteiger partial charge in [0.25, 0.3) is 0 Å². The van der Waals surface area contributed by atoms with E-state index in [1.54, 1.807) is 0 Å². The zero-order valence-electron chi connectivity index (χ0n) is 8.89. The summed E-state index contributed by atoms with van der Waals surface area (Å²) in [6.45, 7) is 1.38. The van der Waals surface area contributed by atoms with Crippen LogP contribution in [0, 0.1) is 4.78 Å². The van der Waals surface area contributed by atoms with Crippen LogP contribution in [-0.2, 0) is 23.0 Å². The molecule has 0 amide bonds. The summed E-state index contributed by atoms with van der Waals surface area (Å²) in [5, 5.41) is 0.131. The Morgan fingerprint density at radius 1 is 1.19 bits per heavy atom. The SMILES string of the molecule is Cl.N=S(=O)(C1CC1)N1Cc2ccccc2C1. The molecule has 0 bridgehead atoms. The van der Waals surface area contributed by atoms with Crippen LogP contribution >= 0.6 is 12.4 Å². The van der Waals surface area contributed by atoms with Crippen molar-refractivity contribution in [3.05, 3.63) is 35.4 Å². The summed E-state index contributed by atoms with van der Waals surface area (Å²) in [6.07, 6.45) is 1.93. The van der Waals surface area contributed by atoms with Crippen molar-refractivity contribution in [3.63, 3.8) is 0 Å². The van der Waals surface area contributed by atoms with Gasteiger partial charge in [0.1, 0.15) is 9.92 Å². The van der Waals surface area contributed by atoms with E-state index >= 15 is 0 Å². The van der Waals surface area contributed by atoms with Gasteiger partial charge in [-0.15, -0.1) is 12.4 Å². The second-order valence-corrected chi connectivity index (χ2v) is 6.66. The lowest BCUT2D eigenvalue weighted by atomic mass is 10.1. The van der Waals surface area contributed by atoms with Crippen LogP contribution in [0.3, 0.4) is 0 Å². The van der Waals surface area contributed by atoms with Gasteiger partial charge in [-0.2, -0.15) is 0 Å². The molecule has 2 aliphatic rings. The van der Waals surface area contributed by atoms with Gasteiger partial charge in [-0.05, 0) is 24.0 Å². The van der Waals surface area contributed by atoms with Crippen LogP contribution in [0.5, 0.6) is 0 Å². The fourth-order valence-corrected chi connectivity index (χ4v) is 3.95. The molecule has 3 nitrogen and oxygen atoms in total. The molecule has 1 aromatic carbocycles. The Kier molecular flexibility index (Phi) is 2.99. The molecule has 0 saturated heterocycles. The molecule has 1 aromatic rings. The topological polar surface area (TPSA) is 44.2 Å². The van der Waals surface area contributed by atoms with Gasteiger partial charge in [-0.25, -0.2) is 13.3 Å². The molecular weight excluding hydrogens is 244 g/mol. The molecule has 16 heavy (non-hydrogen) atoms. The van der Waals surface area contributed by atoms with Crippen LogP contribution < -0.4 is 0 Å². The van der Waals surface area contributed by atoms with Gasteiger partial charge in [-0.3, -0.25) is 0 Å². The smallest absolute Gasteiger partial charge is 0.111 e. The Balaban J connectivity index is 0.000000963. The molecule has 88 valence electrons. The first-order valence-electron chi connectivity index (χ1n) is 5.27. The third kappa shape index (κ3) is 1.85. The van der Waals surface area contributed by atoms with E-state index in [9.17, 15) is 4.21 Å². The van der Waals surface area contributed by atoms with Crippen LogP contribution in [0.1, 0.15) is 24.0 Å². The molecule has 1 atom stereocenters. The van der Waals surface area contributed by atoms with Gasteiger partial charge in [-0.1, -0.05) is 24.3 Å². The van der Waals surface area contributed by atoms with Crippen molar-refractivity contribution < 1.29 is 4.21 Å². The molecule has 0 aromatic heterocycles. The maximum atomic E-state index is 12.2. The number of hydrogen-bond acceptors (Lipinski definition) is 2. The van der Waals surface area contributed by atoms with Crippen molar-refractivity contribution in [2.45, 2.75) is 31.2 Å². The largest absolute Gasteiger partial charge is 0.240 e. The molecule has 1 N–H and O–H groups in total. The van der Waals surface area contributed by atoms with Crippen molar-refractivity contribution in [3.8, 4) is 0 Å². The number of benzene rings is 1. The zero-order chi connectivity index (χ0) is 10.5. The van der Waals surface area contributed by atoms with E-state index in [2.05, 4.69) is 12.1 Å². The quantitative estimate of drug-likeness (QED) is 0.871. The van der Waals surface area contributed by atoms with Crippen LogP contribution in [-0.4, -0.2) is 13.8 Å². The highest BCUT2D eigenvalue weighted by molar-refractivity contribution is 7.91. The number of nitrogens with one attached hydrogen (secondary N) is 1. The van der Waals surface area contributed by atoms with Crippen LogP contribution in [0.4, 0.5) is 0 Å². The Bertz CT molecular complexity index is 471. The molecule has 1 saturated carbocycles. The predicted molar refractivity (Wildman–Crippen MR) is 66.8 cm³/mol. The van der Waals surface area contributed by atoms with Crippen molar-refractivity contribution in [1.29, 1.82) is 4.78 Å². The van der Waals surface area contributed by atoms with Gasteiger partial charge in [0, 0.05) is 13.1 Å². The second kappa shape index (κ2) is 4.02. The van der Waals surface area contributed by atoms with Gasteiger partial charge >= 0.3 is 0 Å². The Morgan fingerprint density at radius 3 is 2.12 bits per heavy atom. The minimum Gasteiger partial charge on any atom is -0.240 e. The van der Waals surface area contributed by atoms with Gasteiger partial charge in [0.15, 0.2) is 0 Å². The lowest BCUT2D eigenvalue weighted by Crippen LogP contribution is -2.27. The first kappa shape index (κ1) is 11.9. The van der Waals surface area contributed by atoms with E-state index in [-0.39, 0.29) is 17.7 Å². The molecule has 1 fully saturated rings. The number of nitrogens with zero attached hydrogens (tertiary/aromatic N) is 1. The number of fused-ring (bicyclic) bond motifs is 1. The van der Waals surface area contributed by atoms with E-state index in [1.807, 2.05) is 16.4 Å². The predicted octanol–water partition coefficient (Wildman–Crippen LogP) is 2.55. The third-order valence-corrected chi connectivity index (χ3v) is 5.57. The zero-order valence-corrected chi connectivity index (χ0v) is 10.5. The van der Waals surface area contributed by atoms with Gasteiger partial charge in [0.05, 0.1) is 5.25 Å². The van der Waals surface area contributed by atoms with Crippen molar-refractivity contribution in [2.24, 2.45) is 0 Å². The molecule has 0 spiro atoms. The van der Waals surface area contributed by atoms with E-state index in [0.717, 1.165) is 12.8 Å². The standard InChI is InChI=1S/C11H14N2OS.ClH/c12-15(14,11-5-6-11)13-7-9-3-1-2-4-10(9)8-13;/h1-4,11-12H,5-8H2;1H. The van der Waals surface area contributed by atoms with Crippen molar-refractivity contribution in [1.82, 2.24) is 4.31 Å². The maximum Gasteiger partial charge on any atom is 0.111 e. The number of hydrogen-bond donors (Lipinski definition) is 1. The normalized spacial score (nSPS) is 23.2. The highest BCUT2D eigenvalue weighted by Gasteiger charge is 2.38. The Hall–Kier alpha value is -0.580. The lowest BCUT2D eigenvalue weighted by molar-refractivity contribution is 0.464. The third-order valence-electron chi connectivity index (χ3n) is 3.17. The summed E-state index contributed by atoms with van der Waals surface area (Å²) >= 11 is 0. The minimum atomic E-state index is -2.50. The highest BCUT2D eigenvalue weighted by atomic mass is 35.5. The molecule has 1 aliphatic heterocycles. The molecular formula is C11H15ClN2OS. The Morgan fingerprint density at radius 2 is 1.69 bits per heavy atom. The summed E-state index contributed by atoms with van der Waals surface area (Å²) in [5.41, 5.74) is 2.47.